The zero-order valence-electron chi connectivity index (χ0n) is 14.2. The molecule has 0 N–H and O–H groups in total. The van der Waals surface area contributed by atoms with Gasteiger partial charge in [-0.05, 0) is 48.9 Å². The van der Waals surface area contributed by atoms with E-state index in [1.807, 2.05) is 25.1 Å². The van der Waals surface area contributed by atoms with Crippen LogP contribution in [-0.4, -0.2) is 39.8 Å². The van der Waals surface area contributed by atoms with Crippen molar-refractivity contribution in [2.24, 2.45) is 0 Å². The molecule has 0 unspecified atom stereocenters. The highest BCUT2D eigenvalue weighted by molar-refractivity contribution is 9.10. The average Bonchev–Trinajstić information content (AvgIpc) is 2.53. The summed E-state index contributed by atoms with van der Waals surface area (Å²) in [7, 11) is 0.838. The second kappa shape index (κ2) is 7.45. The van der Waals surface area contributed by atoms with E-state index >= 15 is 0 Å². The summed E-state index contributed by atoms with van der Waals surface area (Å²) in [5.74, 6) is -0.383. The summed E-state index contributed by atoms with van der Waals surface area (Å²) in [6, 6.07) is 9.66. The Hall–Kier alpha value is -1.41. The summed E-state index contributed by atoms with van der Waals surface area (Å²) >= 11 is 9.54. The lowest BCUT2D eigenvalue weighted by atomic mass is 10.1. The van der Waals surface area contributed by atoms with Crippen LogP contribution in [0.15, 0.2) is 45.8 Å². The zero-order valence-corrected chi connectivity index (χ0v) is 17.4. The third-order valence-electron chi connectivity index (χ3n) is 3.77. The topological polar surface area (TPSA) is 57.7 Å². The number of sulfonamides is 1. The molecule has 5 nitrogen and oxygen atoms in total. The molecule has 0 heterocycles. The number of hydrogen-bond acceptors (Lipinski definition) is 3. The van der Waals surface area contributed by atoms with Crippen molar-refractivity contribution in [1.29, 1.82) is 0 Å². The Morgan fingerprint density at radius 3 is 2.28 bits per heavy atom. The van der Waals surface area contributed by atoms with E-state index in [0.29, 0.717) is 5.69 Å². The largest absolute Gasteiger partial charge is 0.311 e. The van der Waals surface area contributed by atoms with Gasteiger partial charge in [0.15, 0.2) is 0 Å². The van der Waals surface area contributed by atoms with E-state index in [0.717, 1.165) is 14.3 Å². The van der Waals surface area contributed by atoms with Crippen LogP contribution in [0.25, 0.3) is 0 Å². The highest BCUT2D eigenvalue weighted by atomic mass is 79.9. The molecule has 8 heteroatoms. The van der Waals surface area contributed by atoms with Gasteiger partial charge in [-0.1, -0.05) is 27.5 Å². The molecule has 0 fully saturated rings. The highest BCUT2D eigenvalue weighted by Gasteiger charge is 2.23. The second-order valence-corrected chi connectivity index (χ2v) is 9.20. The molecule has 0 radical (unpaired) electrons. The van der Waals surface area contributed by atoms with Gasteiger partial charge in [0, 0.05) is 31.3 Å². The van der Waals surface area contributed by atoms with Crippen LogP contribution in [0.3, 0.4) is 0 Å². The summed E-state index contributed by atoms with van der Waals surface area (Å²) in [4.78, 5) is 14.3. The number of carbonyl (C=O) groups excluding carboxylic acids is 1. The first-order valence-electron chi connectivity index (χ1n) is 7.32. The number of amides is 1. The second-order valence-electron chi connectivity index (χ2n) is 5.72. The Balaban J connectivity index is 2.48. The monoisotopic (exact) mass is 444 g/mol. The third kappa shape index (κ3) is 4.06. The molecule has 0 aliphatic carbocycles. The Morgan fingerprint density at radius 1 is 1.08 bits per heavy atom. The van der Waals surface area contributed by atoms with E-state index in [1.165, 1.54) is 37.2 Å². The van der Waals surface area contributed by atoms with Gasteiger partial charge in [0.25, 0.3) is 5.91 Å². The number of nitrogens with zero attached hydrogens (tertiary/aromatic N) is 2. The number of halogens is 2. The first-order chi connectivity index (χ1) is 11.6. The van der Waals surface area contributed by atoms with Crippen molar-refractivity contribution < 1.29 is 13.2 Å². The van der Waals surface area contributed by atoms with Crippen LogP contribution in [0.1, 0.15) is 15.9 Å². The van der Waals surface area contributed by atoms with Crippen LogP contribution in [0.2, 0.25) is 5.02 Å². The minimum atomic E-state index is -3.66. The summed E-state index contributed by atoms with van der Waals surface area (Å²) in [5.41, 5.74) is 1.75. The van der Waals surface area contributed by atoms with Crippen molar-refractivity contribution in [3.05, 3.63) is 57.0 Å². The summed E-state index contributed by atoms with van der Waals surface area (Å²) in [5, 5.41) is 0.198. The van der Waals surface area contributed by atoms with E-state index in [1.54, 1.807) is 7.05 Å². The van der Waals surface area contributed by atoms with Crippen molar-refractivity contribution in [3.63, 3.8) is 0 Å². The SMILES string of the molecule is Cc1cc(Br)ccc1N(C)C(=O)c1cc(S(=O)(=O)N(C)C)ccc1Cl. The van der Waals surface area contributed by atoms with E-state index in [4.69, 9.17) is 11.6 Å². The third-order valence-corrected chi connectivity index (χ3v) is 6.41. The molecule has 0 saturated heterocycles. The minimum Gasteiger partial charge on any atom is -0.311 e. The molecule has 0 aromatic heterocycles. The lowest BCUT2D eigenvalue weighted by molar-refractivity contribution is 0.0993. The summed E-state index contributed by atoms with van der Waals surface area (Å²) < 4.78 is 26.6. The maximum atomic E-state index is 12.9. The van der Waals surface area contributed by atoms with Crippen molar-refractivity contribution in [2.75, 3.05) is 26.0 Å². The molecule has 0 spiro atoms. The van der Waals surface area contributed by atoms with Crippen LogP contribution >= 0.6 is 27.5 Å². The first-order valence-corrected chi connectivity index (χ1v) is 9.93. The van der Waals surface area contributed by atoms with Crippen molar-refractivity contribution in [2.45, 2.75) is 11.8 Å². The van der Waals surface area contributed by atoms with Gasteiger partial charge < -0.3 is 4.90 Å². The van der Waals surface area contributed by atoms with Gasteiger partial charge in [-0.3, -0.25) is 4.79 Å². The molecule has 134 valence electrons. The van der Waals surface area contributed by atoms with Gasteiger partial charge in [0.05, 0.1) is 15.5 Å². The van der Waals surface area contributed by atoms with Crippen LogP contribution in [0.4, 0.5) is 5.69 Å². The number of benzene rings is 2. The standard InChI is InChI=1S/C17H18BrClN2O3S/c1-11-9-12(18)5-8-16(11)21(4)17(22)14-10-13(6-7-15(14)19)25(23,24)20(2)3/h5-10H,1-4H3. The number of aryl methyl sites for hydroxylation is 1. The number of hydrogen-bond donors (Lipinski definition) is 0. The minimum absolute atomic E-state index is 0.0196. The van der Waals surface area contributed by atoms with Gasteiger partial charge in [-0.25, -0.2) is 12.7 Å². The Labute approximate surface area is 161 Å². The van der Waals surface area contributed by atoms with Crippen molar-refractivity contribution in [1.82, 2.24) is 4.31 Å². The van der Waals surface area contributed by atoms with Crippen LogP contribution in [0.5, 0.6) is 0 Å². The molecule has 0 atom stereocenters. The van der Waals surface area contributed by atoms with E-state index in [9.17, 15) is 13.2 Å². The van der Waals surface area contributed by atoms with Crippen LogP contribution in [-0.2, 0) is 10.0 Å². The molecule has 0 saturated carbocycles. The van der Waals surface area contributed by atoms with Gasteiger partial charge >= 0.3 is 0 Å². The normalized spacial score (nSPS) is 11.6. The zero-order chi connectivity index (χ0) is 18.9. The lowest BCUT2D eigenvalue weighted by Crippen LogP contribution is -2.28. The Kier molecular flexibility index (Phi) is 5.93. The van der Waals surface area contributed by atoms with Crippen molar-refractivity contribution in [3.8, 4) is 0 Å². The molecule has 0 aliphatic rings. The van der Waals surface area contributed by atoms with Crippen LogP contribution < -0.4 is 4.90 Å². The maximum Gasteiger partial charge on any atom is 0.259 e. The quantitative estimate of drug-likeness (QED) is 0.716. The molecule has 2 aromatic rings. The average molecular weight is 446 g/mol. The molecule has 1 amide bonds. The molecule has 0 aliphatic heterocycles. The fourth-order valence-electron chi connectivity index (χ4n) is 2.32. The molecule has 0 bridgehead atoms. The lowest BCUT2D eigenvalue weighted by Gasteiger charge is -2.21. The first kappa shape index (κ1) is 19.9. The molecule has 25 heavy (non-hydrogen) atoms. The molecule has 2 aromatic carbocycles. The van der Waals surface area contributed by atoms with Crippen molar-refractivity contribution >= 4 is 49.1 Å². The summed E-state index contributed by atoms with van der Waals surface area (Å²) in [6.07, 6.45) is 0. The summed E-state index contributed by atoms with van der Waals surface area (Å²) in [6.45, 7) is 1.89. The van der Waals surface area contributed by atoms with Gasteiger partial charge in [-0.15, -0.1) is 0 Å². The fraction of sp³-hybridized carbons (Fsp3) is 0.235. The molecular weight excluding hydrogens is 428 g/mol. The van der Waals surface area contributed by atoms with E-state index in [-0.39, 0.29) is 21.4 Å². The number of anilines is 1. The Bertz CT molecular complexity index is 929. The highest BCUT2D eigenvalue weighted by Crippen LogP contribution is 2.27. The van der Waals surface area contributed by atoms with E-state index < -0.39 is 10.0 Å². The van der Waals surface area contributed by atoms with Crippen LogP contribution in [0, 0.1) is 6.92 Å². The molecule has 2 rings (SSSR count). The predicted molar refractivity (Wildman–Crippen MR) is 104 cm³/mol. The maximum absolute atomic E-state index is 12.9. The van der Waals surface area contributed by atoms with Gasteiger partial charge in [0.1, 0.15) is 0 Å². The smallest absolute Gasteiger partial charge is 0.259 e. The predicted octanol–water partition coefficient (Wildman–Crippen LogP) is 3.94. The number of carbonyl (C=O) groups is 1. The number of rotatable bonds is 4. The van der Waals surface area contributed by atoms with Gasteiger partial charge in [0.2, 0.25) is 10.0 Å². The van der Waals surface area contributed by atoms with E-state index in [2.05, 4.69) is 15.9 Å². The van der Waals surface area contributed by atoms with Gasteiger partial charge in [-0.2, -0.15) is 0 Å². The molecular formula is C17H18BrClN2O3S. The Morgan fingerprint density at radius 2 is 1.72 bits per heavy atom. The fourth-order valence-corrected chi connectivity index (χ4v) is 3.93.